The van der Waals surface area contributed by atoms with Crippen LogP contribution in [0.25, 0.3) is 11.0 Å². The highest BCUT2D eigenvalue weighted by Crippen LogP contribution is 2.54. The molecule has 35 heavy (non-hydrogen) atoms. The van der Waals surface area contributed by atoms with Crippen molar-refractivity contribution < 1.29 is 22.4 Å². The van der Waals surface area contributed by atoms with E-state index in [1.807, 2.05) is 9.80 Å². The molecule has 12 heteroatoms. The van der Waals surface area contributed by atoms with E-state index in [1.54, 1.807) is 6.07 Å². The maximum absolute atomic E-state index is 15.1. The number of fused-ring (bicyclic) bond motifs is 1. The van der Waals surface area contributed by atoms with Crippen molar-refractivity contribution in [3.63, 3.8) is 0 Å². The zero-order valence-corrected chi connectivity index (χ0v) is 18.7. The van der Waals surface area contributed by atoms with E-state index in [0.29, 0.717) is 37.4 Å². The Bertz CT molecular complexity index is 1370. The third-order valence-corrected chi connectivity index (χ3v) is 6.47. The summed E-state index contributed by atoms with van der Waals surface area (Å²) >= 11 is 0. The van der Waals surface area contributed by atoms with Crippen molar-refractivity contribution in [2.75, 3.05) is 38.1 Å². The molecular formula is C23H22F4N6O2. The number of hydrogen-bond acceptors (Lipinski definition) is 6. The van der Waals surface area contributed by atoms with E-state index in [4.69, 9.17) is 0 Å². The fourth-order valence-corrected chi connectivity index (χ4v) is 4.34. The molecule has 1 aromatic carbocycles. The summed E-state index contributed by atoms with van der Waals surface area (Å²) in [5, 5.41) is 2.34. The summed E-state index contributed by atoms with van der Waals surface area (Å²) in [6, 6.07) is 4.33. The van der Waals surface area contributed by atoms with Gasteiger partial charge in [-0.25, -0.2) is 27.5 Å². The van der Waals surface area contributed by atoms with E-state index in [1.165, 1.54) is 25.4 Å². The number of anilines is 1. The fraction of sp³-hybridized carbons (Fsp3) is 0.391. The largest absolute Gasteiger partial charge is 0.368 e. The predicted molar refractivity (Wildman–Crippen MR) is 120 cm³/mol. The summed E-state index contributed by atoms with van der Waals surface area (Å²) in [6.07, 6.45) is 1.02. The highest BCUT2D eigenvalue weighted by molar-refractivity contribution is 5.92. The van der Waals surface area contributed by atoms with Gasteiger partial charge in [0.05, 0.1) is 23.3 Å². The first-order valence-corrected chi connectivity index (χ1v) is 11.1. The lowest BCUT2D eigenvalue weighted by Gasteiger charge is -2.36. The van der Waals surface area contributed by atoms with Crippen LogP contribution in [0.1, 0.15) is 34.1 Å². The average molecular weight is 490 g/mol. The van der Waals surface area contributed by atoms with Crippen molar-refractivity contribution in [2.24, 2.45) is 0 Å². The zero-order chi connectivity index (χ0) is 24.9. The molecule has 1 saturated carbocycles. The third kappa shape index (κ3) is 4.33. The first kappa shape index (κ1) is 23.2. The number of nitrogens with zero attached hydrogens (tertiary/aromatic N) is 4. The number of piperazine rings is 1. The quantitative estimate of drug-likeness (QED) is 0.534. The molecule has 184 valence electrons. The molecule has 0 radical (unpaired) electrons. The van der Waals surface area contributed by atoms with Gasteiger partial charge in [0, 0.05) is 57.8 Å². The predicted octanol–water partition coefficient (Wildman–Crippen LogP) is 2.40. The minimum absolute atomic E-state index is 0.100. The summed E-state index contributed by atoms with van der Waals surface area (Å²) < 4.78 is 56.1. The summed E-state index contributed by atoms with van der Waals surface area (Å²) in [4.78, 5) is 38.1. The molecule has 3 heterocycles. The van der Waals surface area contributed by atoms with Crippen LogP contribution in [0.15, 0.2) is 29.2 Å². The summed E-state index contributed by atoms with van der Waals surface area (Å²) in [6.45, 7) is 2.45. The van der Waals surface area contributed by atoms with E-state index in [0.717, 1.165) is 0 Å². The number of carbonyl (C=O) groups is 1. The molecule has 2 aliphatic rings. The number of aromatic nitrogens is 3. The molecule has 1 atom stereocenters. The SMILES string of the molecule is CNC(=O)c1ncc(N2CCN(Cc3ccc4nc([C@H]5CC5(F)F)c(=O)[nH]c4c3F)CC2)cc1F. The van der Waals surface area contributed by atoms with E-state index in [-0.39, 0.29) is 29.0 Å². The van der Waals surface area contributed by atoms with Crippen LogP contribution in [-0.2, 0) is 6.54 Å². The molecule has 1 saturated heterocycles. The van der Waals surface area contributed by atoms with Crippen LogP contribution in [0, 0.1) is 11.6 Å². The maximum Gasteiger partial charge on any atom is 0.272 e. The van der Waals surface area contributed by atoms with Crippen LogP contribution in [0.2, 0.25) is 0 Å². The maximum atomic E-state index is 15.1. The first-order chi connectivity index (χ1) is 16.7. The topological polar surface area (TPSA) is 94.2 Å². The minimum Gasteiger partial charge on any atom is -0.368 e. The molecule has 1 aliphatic heterocycles. The summed E-state index contributed by atoms with van der Waals surface area (Å²) in [5.41, 5.74) is -0.414. The van der Waals surface area contributed by atoms with Gasteiger partial charge in [0.2, 0.25) is 0 Å². The van der Waals surface area contributed by atoms with Gasteiger partial charge in [-0.1, -0.05) is 6.07 Å². The van der Waals surface area contributed by atoms with E-state index in [2.05, 4.69) is 20.3 Å². The number of H-pyrrole nitrogens is 1. The molecule has 1 amide bonds. The highest BCUT2D eigenvalue weighted by Gasteiger charge is 2.59. The van der Waals surface area contributed by atoms with E-state index >= 15 is 4.39 Å². The zero-order valence-electron chi connectivity index (χ0n) is 18.7. The van der Waals surface area contributed by atoms with Crippen LogP contribution >= 0.6 is 0 Å². The number of nitrogens with one attached hydrogen (secondary N) is 2. The standard InChI is InChI=1S/C23H22F4N6O2/c1-28-21(34)19-15(24)8-13(10-29-19)33-6-4-32(5-7-33)11-12-2-3-16-20(17(12)25)31-22(35)18(30-16)14-9-23(14,26)27/h2-3,8,10,14H,4-7,9,11H2,1H3,(H,28,34)(H,31,35)/t14-/m1/s1. The molecule has 0 spiro atoms. The van der Waals surface area contributed by atoms with Gasteiger partial charge in [0.15, 0.2) is 17.3 Å². The van der Waals surface area contributed by atoms with Gasteiger partial charge in [-0.3, -0.25) is 14.5 Å². The van der Waals surface area contributed by atoms with Crippen LogP contribution in [0.4, 0.5) is 23.2 Å². The number of amides is 1. The Labute approximate surface area is 197 Å². The second kappa shape index (κ2) is 8.59. The lowest BCUT2D eigenvalue weighted by atomic mass is 10.1. The molecule has 0 bridgehead atoms. The number of hydrogen-bond donors (Lipinski definition) is 2. The first-order valence-electron chi connectivity index (χ1n) is 11.1. The number of aromatic amines is 1. The second-order valence-electron chi connectivity index (χ2n) is 8.77. The number of alkyl halides is 2. The molecule has 0 unspecified atom stereocenters. The van der Waals surface area contributed by atoms with Crippen LogP contribution < -0.4 is 15.8 Å². The number of pyridine rings is 1. The molecule has 2 N–H and O–H groups in total. The van der Waals surface area contributed by atoms with E-state index < -0.39 is 41.4 Å². The average Bonchev–Trinajstić information content (AvgIpc) is 3.48. The Kier molecular flexibility index (Phi) is 5.70. The summed E-state index contributed by atoms with van der Waals surface area (Å²) in [7, 11) is 1.40. The van der Waals surface area contributed by atoms with Gasteiger partial charge in [0.25, 0.3) is 17.4 Å². The van der Waals surface area contributed by atoms with Crippen LogP contribution in [-0.4, -0.2) is 64.9 Å². The molecular weight excluding hydrogens is 468 g/mol. The third-order valence-electron chi connectivity index (χ3n) is 6.47. The monoisotopic (exact) mass is 490 g/mol. The van der Waals surface area contributed by atoms with Crippen molar-refractivity contribution in [1.82, 2.24) is 25.2 Å². The van der Waals surface area contributed by atoms with Gasteiger partial charge >= 0.3 is 0 Å². The Morgan fingerprint density at radius 2 is 1.94 bits per heavy atom. The smallest absolute Gasteiger partial charge is 0.272 e. The van der Waals surface area contributed by atoms with Crippen LogP contribution in [0.3, 0.4) is 0 Å². The van der Waals surface area contributed by atoms with Gasteiger partial charge < -0.3 is 15.2 Å². The normalized spacial score (nSPS) is 19.7. The number of rotatable bonds is 5. The lowest BCUT2D eigenvalue weighted by molar-refractivity contribution is 0.0953. The Morgan fingerprint density at radius 1 is 1.23 bits per heavy atom. The molecule has 1 aliphatic carbocycles. The van der Waals surface area contributed by atoms with Crippen molar-refractivity contribution in [2.45, 2.75) is 24.8 Å². The molecule has 2 fully saturated rings. The highest BCUT2D eigenvalue weighted by atomic mass is 19.3. The molecule has 3 aromatic rings. The van der Waals surface area contributed by atoms with Gasteiger partial charge in [0.1, 0.15) is 11.2 Å². The minimum atomic E-state index is -2.94. The Hall–Kier alpha value is -3.54. The second-order valence-corrected chi connectivity index (χ2v) is 8.77. The van der Waals surface area contributed by atoms with Gasteiger partial charge in [-0.05, 0) is 6.07 Å². The number of halogens is 4. The fourth-order valence-electron chi connectivity index (χ4n) is 4.34. The Balaban J connectivity index is 1.27. The van der Waals surface area contributed by atoms with Crippen molar-refractivity contribution in [1.29, 1.82) is 0 Å². The van der Waals surface area contributed by atoms with Gasteiger partial charge in [-0.15, -0.1) is 0 Å². The van der Waals surface area contributed by atoms with Crippen molar-refractivity contribution in [3.8, 4) is 0 Å². The van der Waals surface area contributed by atoms with Gasteiger partial charge in [-0.2, -0.15) is 0 Å². The van der Waals surface area contributed by atoms with Crippen molar-refractivity contribution >= 4 is 22.6 Å². The van der Waals surface area contributed by atoms with Crippen molar-refractivity contribution in [3.05, 3.63) is 63.3 Å². The number of benzene rings is 1. The van der Waals surface area contributed by atoms with E-state index in [9.17, 15) is 22.8 Å². The molecule has 5 rings (SSSR count). The molecule has 8 nitrogen and oxygen atoms in total. The summed E-state index contributed by atoms with van der Waals surface area (Å²) in [5.74, 6) is -6.12. The molecule has 2 aromatic heterocycles. The van der Waals surface area contributed by atoms with Crippen LogP contribution in [0.5, 0.6) is 0 Å². The number of carbonyl (C=O) groups excluding carboxylic acids is 1. The lowest BCUT2D eigenvalue weighted by Crippen LogP contribution is -2.46. The Morgan fingerprint density at radius 3 is 2.57 bits per heavy atom.